The summed E-state index contributed by atoms with van der Waals surface area (Å²) in [7, 11) is -3.06. The fourth-order valence-electron chi connectivity index (χ4n) is 5.41. The van der Waals surface area contributed by atoms with Gasteiger partial charge in [0.15, 0.2) is 9.84 Å². The molecule has 34 heavy (non-hydrogen) atoms. The van der Waals surface area contributed by atoms with Gasteiger partial charge in [0.1, 0.15) is 5.82 Å². The Hall–Kier alpha value is -2.04. The van der Waals surface area contributed by atoms with Crippen LogP contribution in [0.25, 0.3) is 0 Å². The standard InChI is InChI=1S/C24H35FN4O4S/c25-19-5-4-6-20(15-19)26-23(30)16-27-10-12-28(13-11-27)17-24(31)29(21-7-2-1-3-8-21)22-9-14-34(32,33)18-22/h4-6,15,21-22H,1-3,7-14,16-18H2,(H,26,30)/t22-/m0/s1. The average Bonchev–Trinajstić information content (AvgIpc) is 3.15. The van der Waals surface area contributed by atoms with Gasteiger partial charge in [-0.25, -0.2) is 12.8 Å². The molecule has 1 N–H and O–H groups in total. The highest BCUT2D eigenvalue weighted by molar-refractivity contribution is 7.91. The summed E-state index contributed by atoms with van der Waals surface area (Å²) in [6.07, 6.45) is 5.80. The average molecular weight is 495 g/mol. The molecule has 1 saturated carbocycles. The molecule has 1 atom stereocenters. The van der Waals surface area contributed by atoms with Gasteiger partial charge in [0.2, 0.25) is 11.8 Å². The van der Waals surface area contributed by atoms with E-state index in [0.29, 0.717) is 38.3 Å². The highest BCUT2D eigenvalue weighted by Crippen LogP contribution is 2.28. The maximum Gasteiger partial charge on any atom is 0.238 e. The molecular formula is C24H35FN4O4S. The zero-order valence-electron chi connectivity index (χ0n) is 19.6. The number of amides is 2. The van der Waals surface area contributed by atoms with Crippen molar-refractivity contribution >= 4 is 27.3 Å². The van der Waals surface area contributed by atoms with Crippen LogP contribution in [0, 0.1) is 5.82 Å². The van der Waals surface area contributed by atoms with E-state index < -0.39 is 15.7 Å². The van der Waals surface area contributed by atoms with Gasteiger partial charge in [-0.3, -0.25) is 19.4 Å². The first-order chi connectivity index (χ1) is 16.3. The second kappa shape index (κ2) is 11.1. The van der Waals surface area contributed by atoms with E-state index in [1.165, 1.54) is 18.6 Å². The lowest BCUT2D eigenvalue weighted by Crippen LogP contribution is -2.55. The minimum absolute atomic E-state index is 0.0336. The Labute approximate surface area is 201 Å². The zero-order chi connectivity index (χ0) is 24.1. The molecule has 0 radical (unpaired) electrons. The van der Waals surface area contributed by atoms with Crippen molar-refractivity contribution in [2.24, 2.45) is 0 Å². The van der Waals surface area contributed by atoms with Crippen LogP contribution in [0.15, 0.2) is 24.3 Å². The number of hydrogen-bond donors (Lipinski definition) is 1. The van der Waals surface area contributed by atoms with Gasteiger partial charge in [-0.2, -0.15) is 0 Å². The first kappa shape index (κ1) is 25.1. The van der Waals surface area contributed by atoms with Crippen LogP contribution in [0.1, 0.15) is 38.5 Å². The molecule has 2 aliphatic heterocycles. The summed E-state index contributed by atoms with van der Waals surface area (Å²) in [6, 6.07) is 5.77. The summed E-state index contributed by atoms with van der Waals surface area (Å²) in [6.45, 7) is 3.15. The van der Waals surface area contributed by atoms with E-state index in [9.17, 15) is 22.4 Å². The van der Waals surface area contributed by atoms with Crippen molar-refractivity contribution < 1.29 is 22.4 Å². The summed E-state index contributed by atoms with van der Waals surface area (Å²) in [5, 5.41) is 2.72. The number of carbonyl (C=O) groups excluding carboxylic acids is 2. The van der Waals surface area contributed by atoms with Crippen LogP contribution >= 0.6 is 0 Å². The lowest BCUT2D eigenvalue weighted by Gasteiger charge is -2.40. The van der Waals surface area contributed by atoms with Crippen LogP contribution in [-0.2, 0) is 19.4 Å². The van der Waals surface area contributed by atoms with Crippen molar-refractivity contribution in [1.82, 2.24) is 14.7 Å². The van der Waals surface area contributed by atoms with Gasteiger partial charge in [-0.1, -0.05) is 25.3 Å². The minimum atomic E-state index is -3.06. The van der Waals surface area contributed by atoms with E-state index in [0.717, 1.165) is 25.7 Å². The number of nitrogens with zero attached hydrogens (tertiary/aromatic N) is 3. The van der Waals surface area contributed by atoms with E-state index in [1.807, 2.05) is 9.80 Å². The Morgan fingerprint density at radius 2 is 1.65 bits per heavy atom. The van der Waals surface area contributed by atoms with Gasteiger partial charge in [-0.05, 0) is 37.5 Å². The lowest BCUT2D eigenvalue weighted by atomic mass is 9.92. The molecular weight excluding hydrogens is 459 g/mol. The number of hydrogen-bond acceptors (Lipinski definition) is 6. The Bertz CT molecular complexity index is 975. The first-order valence-electron chi connectivity index (χ1n) is 12.3. The van der Waals surface area contributed by atoms with E-state index >= 15 is 0 Å². The van der Waals surface area contributed by atoms with Crippen molar-refractivity contribution in [3.8, 4) is 0 Å². The normalized spacial score (nSPS) is 24.1. The summed E-state index contributed by atoms with van der Waals surface area (Å²) in [4.78, 5) is 31.7. The van der Waals surface area contributed by atoms with Crippen LogP contribution in [0.2, 0.25) is 0 Å². The van der Waals surface area contributed by atoms with E-state index in [1.54, 1.807) is 12.1 Å². The van der Waals surface area contributed by atoms with Crippen molar-refractivity contribution in [3.05, 3.63) is 30.1 Å². The maximum atomic E-state index is 13.4. The number of rotatable bonds is 7. The van der Waals surface area contributed by atoms with Gasteiger partial charge >= 0.3 is 0 Å². The third-order valence-corrected chi connectivity index (χ3v) is 8.91. The second-order valence-electron chi connectivity index (χ2n) is 9.76. The number of anilines is 1. The van der Waals surface area contributed by atoms with Crippen LogP contribution in [0.4, 0.5) is 10.1 Å². The Morgan fingerprint density at radius 1 is 0.971 bits per heavy atom. The van der Waals surface area contributed by atoms with Crippen LogP contribution < -0.4 is 5.32 Å². The van der Waals surface area contributed by atoms with Crippen molar-refractivity contribution in [2.75, 3.05) is 56.1 Å². The third kappa shape index (κ3) is 6.76. The van der Waals surface area contributed by atoms with Gasteiger partial charge < -0.3 is 10.2 Å². The first-order valence-corrected chi connectivity index (χ1v) is 14.1. The predicted molar refractivity (Wildman–Crippen MR) is 129 cm³/mol. The maximum absolute atomic E-state index is 13.4. The summed E-state index contributed by atoms with van der Waals surface area (Å²) in [5.74, 6) is -0.297. The van der Waals surface area contributed by atoms with Crippen molar-refractivity contribution in [2.45, 2.75) is 50.6 Å². The molecule has 3 aliphatic rings. The summed E-state index contributed by atoms with van der Waals surface area (Å²) >= 11 is 0. The highest BCUT2D eigenvalue weighted by atomic mass is 32.2. The minimum Gasteiger partial charge on any atom is -0.335 e. The van der Waals surface area contributed by atoms with Gasteiger partial charge in [0, 0.05) is 44.0 Å². The molecule has 0 unspecified atom stereocenters. The molecule has 1 aromatic rings. The molecule has 1 aliphatic carbocycles. The number of nitrogens with one attached hydrogen (secondary N) is 1. The van der Waals surface area contributed by atoms with Crippen LogP contribution in [0.5, 0.6) is 0 Å². The fraction of sp³-hybridized carbons (Fsp3) is 0.667. The fourth-order valence-corrected chi connectivity index (χ4v) is 7.12. The topological polar surface area (TPSA) is 90.0 Å². The molecule has 0 aromatic heterocycles. The van der Waals surface area contributed by atoms with Crippen LogP contribution in [0.3, 0.4) is 0 Å². The van der Waals surface area contributed by atoms with Gasteiger partial charge in [0.25, 0.3) is 0 Å². The van der Waals surface area contributed by atoms with E-state index in [-0.39, 0.29) is 48.5 Å². The Morgan fingerprint density at radius 3 is 2.26 bits per heavy atom. The molecule has 0 spiro atoms. The molecule has 3 fully saturated rings. The number of piperazine rings is 1. The number of sulfone groups is 1. The van der Waals surface area contributed by atoms with Crippen LogP contribution in [-0.4, -0.2) is 97.8 Å². The molecule has 10 heteroatoms. The largest absolute Gasteiger partial charge is 0.335 e. The van der Waals surface area contributed by atoms with Gasteiger partial charge in [-0.15, -0.1) is 0 Å². The number of benzene rings is 1. The molecule has 2 amide bonds. The van der Waals surface area contributed by atoms with Gasteiger partial charge in [0.05, 0.1) is 24.6 Å². The smallest absolute Gasteiger partial charge is 0.238 e. The predicted octanol–water partition coefficient (Wildman–Crippen LogP) is 1.73. The second-order valence-corrected chi connectivity index (χ2v) is 12.0. The molecule has 0 bridgehead atoms. The molecule has 8 nitrogen and oxygen atoms in total. The SMILES string of the molecule is O=C(CN1CCN(CC(=O)N(C2CCCCC2)[C@H]2CCS(=O)(=O)C2)CC1)Nc1cccc(F)c1. The summed E-state index contributed by atoms with van der Waals surface area (Å²) in [5.41, 5.74) is 0.436. The number of carbonyl (C=O) groups is 2. The Kier molecular flexibility index (Phi) is 8.21. The molecule has 4 rings (SSSR count). The third-order valence-electron chi connectivity index (χ3n) is 7.16. The summed E-state index contributed by atoms with van der Waals surface area (Å²) < 4.78 is 37.5. The molecule has 2 saturated heterocycles. The molecule has 2 heterocycles. The number of halogens is 1. The highest BCUT2D eigenvalue weighted by Gasteiger charge is 2.39. The van der Waals surface area contributed by atoms with E-state index in [4.69, 9.17) is 0 Å². The quantitative estimate of drug-likeness (QED) is 0.621. The Balaban J connectivity index is 1.27. The van der Waals surface area contributed by atoms with E-state index in [2.05, 4.69) is 10.2 Å². The van der Waals surface area contributed by atoms with Crippen molar-refractivity contribution in [3.63, 3.8) is 0 Å². The monoisotopic (exact) mass is 494 g/mol. The van der Waals surface area contributed by atoms with Crippen molar-refractivity contribution in [1.29, 1.82) is 0 Å². The molecule has 188 valence electrons. The lowest BCUT2D eigenvalue weighted by molar-refractivity contribution is -0.138. The molecule has 1 aromatic carbocycles. The zero-order valence-corrected chi connectivity index (χ0v) is 20.4.